The van der Waals surface area contributed by atoms with Gasteiger partial charge in [0.15, 0.2) is 0 Å². The van der Waals surface area contributed by atoms with Crippen LogP contribution in [0.2, 0.25) is 0 Å². The largest absolute Gasteiger partial charge is 0.384 e. The summed E-state index contributed by atoms with van der Waals surface area (Å²) in [6.07, 6.45) is 3.78. The third-order valence-electron chi connectivity index (χ3n) is 2.56. The molecule has 1 radical (unpaired) electrons. The van der Waals surface area contributed by atoms with Crippen molar-refractivity contribution >= 4 is 5.82 Å². The Labute approximate surface area is 96.1 Å². The molecular formula is C14H15N2. The summed E-state index contributed by atoms with van der Waals surface area (Å²) in [5.74, 6) is 0.593. The summed E-state index contributed by atoms with van der Waals surface area (Å²) in [6.45, 7) is 2.06. The van der Waals surface area contributed by atoms with Gasteiger partial charge in [-0.15, -0.1) is 0 Å². The van der Waals surface area contributed by atoms with Gasteiger partial charge in [-0.05, 0) is 54.7 Å². The monoisotopic (exact) mass is 211 g/mol. The Morgan fingerprint density at radius 2 is 1.94 bits per heavy atom. The predicted molar refractivity (Wildman–Crippen MR) is 66.1 cm³/mol. The number of hydrogen-bond donors (Lipinski definition) is 1. The second-order valence-corrected chi connectivity index (χ2v) is 3.97. The minimum atomic E-state index is 0.593. The molecule has 1 heterocycles. The Hall–Kier alpha value is -1.83. The SMILES string of the molecule is Cc1[c]ccc(CCc2ccnc(N)c2)c1. The highest BCUT2D eigenvalue weighted by molar-refractivity contribution is 5.32. The topological polar surface area (TPSA) is 38.9 Å². The Morgan fingerprint density at radius 1 is 1.19 bits per heavy atom. The lowest BCUT2D eigenvalue weighted by atomic mass is 10.0. The molecule has 0 bridgehead atoms. The highest BCUT2D eigenvalue weighted by Crippen LogP contribution is 2.10. The van der Waals surface area contributed by atoms with Crippen LogP contribution in [0.15, 0.2) is 36.5 Å². The van der Waals surface area contributed by atoms with Gasteiger partial charge >= 0.3 is 0 Å². The van der Waals surface area contributed by atoms with Gasteiger partial charge in [0.05, 0.1) is 0 Å². The lowest BCUT2D eigenvalue weighted by Gasteiger charge is -2.03. The third kappa shape index (κ3) is 2.83. The lowest BCUT2D eigenvalue weighted by Crippen LogP contribution is -1.95. The number of benzene rings is 1. The average molecular weight is 211 g/mol. The maximum absolute atomic E-state index is 5.64. The van der Waals surface area contributed by atoms with Crippen LogP contribution in [-0.4, -0.2) is 4.98 Å². The van der Waals surface area contributed by atoms with E-state index in [1.165, 1.54) is 16.7 Å². The molecule has 0 amide bonds. The molecule has 0 fully saturated rings. The van der Waals surface area contributed by atoms with Gasteiger partial charge in [-0.2, -0.15) is 0 Å². The summed E-state index contributed by atoms with van der Waals surface area (Å²) in [5.41, 5.74) is 9.40. The normalized spacial score (nSPS) is 10.3. The zero-order valence-electron chi connectivity index (χ0n) is 9.40. The second-order valence-electron chi connectivity index (χ2n) is 3.97. The molecule has 1 aromatic carbocycles. The van der Waals surface area contributed by atoms with Crippen molar-refractivity contribution in [1.82, 2.24) is 4.98 Å². The van der Waals surface area contributed by atoms with Gasteiger partial charge in [-0.25, -0.2) is 4.98 Å². The molecule has 0 unspecified atom stereocenters. The number of hydrogen-bond acceptors (Lipinski definition) is 2. The smallest absolute Gasteiger partial charge is 0.123 e. The van der Waals surface area contributed by atoms with E-state index in [0.717, 1.165) is 12.8 Å². The van der Waals surface area contributed by atoms with Gasteiger partial charge in [0.2, 0.25) is 0 Å². The molecule has 1 aromatic heterocycles. The molecule has 0 aliphatic rings. The quantitative estimate of drug-likeness (QED) is 0.847. The number of aryl methyl sites for hydroxylation is 3. The lowest BCUT2D eigenvalue weighted by molar-refractivity contribution is 0.954. The third-order valence-corrected chi connectivity index (χ3v) is 2.56. The Bertz CT molecular complexity index is 432. The second kappa shape index (κ2) is 4.79. The van der Waals surface area contributed by atoms with Crippen LogP contribution in [0.5, 0.6) is 0 Å². The van der Waals surface area contributed by atoms with Gasteiger partial charge in [0.25, 0.3) is 0 Å². The average Bonchev–Trinajstić information content (AvgIpc) is 2.27. The van der Waals surface area contributed by atoms with E-state index >= 15 is 0 Å². The molecular weight excluding hydrogens is 196 g/mol. The zero-order chi connectivity index (χ0) is 11.4. The van der Waals surface area contributed by atoms with Crippen LogP contribution >= 0.6 is 0 Å². The standard InChI is InChI=1S/C14H15N2/c1-11-3-2-4-12(9-11)5-6-13-7-8-16-14(15)10-13/h2,4,7-10H,5-6H2,1H3,(H2,15,16). The first-order chi connectivity index (χ1) is 7.74. The summed E-state index contributed by atoms with van der Waals surface area (Å²) in [7, 11) is 0. The van der Waals surface area contributed by atoms with E-state index in [1.54, 1.807) is 6.20 Å². The van der Waals surface area contributed by atoms with Crippen LogP contribution in [0.25, 0.3) is 0 Å². The highest BCUT2D eigenvalue weighted by atomic mass is 14.8. The Kier molecular flexibility index (Phi) is 3.20. The fraction of sp³-hybridized carbons (Fsp3) is 0.214. The van der Waals surface area contributed by atoms with E-state index < -0.39 is 0 Å². The van der Waals surface area contributed by atoms with Crippen molar-refractivity contribution in [2.24, 2.45) is 0 Å². The molecule has 2 heteroatoms. The van der Waals surface area contributed by atoms with E-state index in [0.29, 0.717) is 5.82 Å². The molecule has 0 aliphatic carbocycles. The van der Waals surface area contributed by atoms with Crippen LogP contribution in [0.4, 0.5) is 5.82 Å². The summed E-state index contributed by atoms with van der Waals surface area (Å²) in [4.78, 5) is 3.98. The first-order valence-corrected chi connectivity index (χ1v) is 5.41. The van der Waals surface area contributed by atoms with Crippen LogP contribution in [0.1, 0.15) is 16.7 Å². The summed E-state index contributed by atoms with van der Waals surface area (Å²) >= 11 is 0. The van der Waals surface area contributed by atoms with Crippen molar-refractivity contribution in [1.29, 1.82) is 0 Å². The number of pyridine rings is 1. The van der Waals surface area contributed by atoms with Crippen LogP contribution < -0.4 is 5.73 Å². The summed E-state index contributed by atoms with van der Waals surface area (Å²) in [5, 5.41) is 0. The molecule has 0 spiro atoms. The van der Waals surface area contributed by atoms with Crippen LogP contribution in [0.3, 0.4) is 0 Å². The number of aromatic nitrogens is 1. The van der Waals surface area contributed by atoms with E-state index in [2.05, 4.69) is 30.1 Å². The molecule has 0 atom stereocenters. The van der Waals surface area contributed by atoms with Crippen molar-refractivity contribution in [2.45, 2.75) is 19.8 Å². The molecule has 16 heavy (non-hydrogen) atoms. The molecule has 0 saturated carbocycles. The number of nitrogens with zero attached hydrogens (tertiary/aromatic N) is 1. The maximum atomic E-state index is 5.64. The molecule has 2 nitrogen and oxygen atoms in total. The van der Waals surface area contributed by atoms with Crippen molar-refractivity contribution < 1.29 is 0 Å². The Morgan fingerprint density at radius 3 is 2.62 bits per heavy atom. The van der Waals surface area contributed by atoms with E-state index in [-0.39, 0.29) is 0 Å². The Balaban J connectivity index is 2.02. The van der Waals surface area contributed by atoms with Crippen molar-refractivity contribution in [2.75, 3.05) is 5.73 Å². The molecule has 0 aliphatic heterocycles. The zero-order valence-corrected chi connectivity index (χ0v) is 9.40. The van der Waals surface area contributed by atoms with Gasteiger partial charge in [-0.1, -0.05) is 18.2 Å². The van der Waals surface area contributed by atoms with Crippen LogP contribution in [0, 0.1) is 13.0 Å². The minimum Gasteiger partial charge on any atom is -0.384 e. The number of anilines is 1. The van der Waals surface area contributed by atoms with Crippen molar-refractivity contribution in [3.8, 4) is 0 Å². The van der Waals surface area contributed by atoms with Crippen molar-refractivity contribution in [3.63, 3.8) is 0 Å². The van der Waals surface area contributed by atoms with E-state index in [4.69, 9.17) is 5.73 Å². The van der Waals surface area contributed by atoms with Crippen LogP contribution in [-0.2, 0) is 12.8 Å². The van der Waals surface area contributed by atoms with Gasteiger partial charge < -0.3 is 5.73 Å². The number of nitrogens with two attached hydrogens (primary N) is 1. The van der Waals surface area contributed by atoms with E-state index in [9.17, 15) is 0 Å². The van der Waals surface area contributed by atoms with Gasteiger partial charge in [0.1, 0.15) is 5.82 Å². The van der Waals surface area contributed by atoms with Gasteiger partial charge in [-0.3, -0.25) is 0 Å². The maximum Gasteiger partial charge on any atom is 0.123 e. The molecule has 2 N–H and O–H groups in total. The molecule has 0 saturated heterocycles. The summed E-state index contributed by atoms with van der Waals surface area (Å²) in [6, 6.07) is 13.4. The fourth-order valence-corrected chi connectivity index (χ4v) is 1.74. The summed E-state index contributed by atoms with van der Waals surface area (Å²) < 4.78 is 0. The predicted octanol–water partition coefficient (Wildman–Crippen LogP) is 2.56. The van der Waals surface area contributed by atoms with E-state index in [1.807, 2.05) is 18.2 Å². The molecule has 81 valence electrons. The number of rotatable bonds is 3. The fourth-order valence-electron chi connectivity index (χ4n) is 1.74. The first kappa shape index (κ1) is 10.7. The molecule has 2 aromatic rings. The highest BCUT2D eigenvalue weighted by Gasteiger charge is 1.97. The minimum absolute atomic E-state index is 0.593. The molecule has 2 rings (SSSR count). The van der Waals surface area contributed by atoms with Gasteiger partial charge in [0, 0.05) is 6.20 Å². The number of nitrogen functional groups attached to an aromatic ring is 1. The van der Waals surface area contributed by atoms with Crippen molar-refractivity contribution in [3.05, 3.63) is 59.3 Å². The first-order valence-electron chi connectivity index (χ1n) is 5.41.